The Morgan fingerprint density at radius 1 is 1.29 bits per heavy atom. The molecule has 1 N–H and O–H groups in total. The van der Waals surface area contributed by atoms with Crippen molar-refractivity contribution in [1.29, 1.82) is 0 Å². The van der Waals surface area contributed by atoms with Crippen LogP contribution in [-0.2, 0) is 9.59 Å². The maximum Gasteiger partial charge on any atom is 0.329 e. The van der Waals surface area contributed by atoms with Gasteiger partial charge in [-0.1, -0.05) is 30.3 Å². The first kappa shape index (κ1) is 16.1. The first-order valence-corrected chi connectivity index (χ1v) is 7.83. The van der Waals surface area contributed by atoms with Gasteiger partial charge in [0, 0.05) is 12.1 Å². The lowest BCUT2D eigenvalue weighted by molar-refractivity contribution is -0.156. The Hall–Kier alpha value is -2.77. The normalized spacial score (nSPS) is 21.7. The fourth-order valence-corrected chi connectivity index (χ4v) is 2.96. The number of benzene rings is 1. The Labute approximate surface area is 139 Å². The number of tetrazole rings is 1. The molecule has 1 saturated heterocycles. The van der Waals surface area contributed by atoms with Crippen molar-refractivity contribution in [3.63, 3.8) is 0 Å². The minimum atomic E-state index is -1.17. The molecule has 1 aromatic heterocycles. The van der Waals surface area contributed by atoms with Crippen LogP contribution >= 0.6 is 0 Å². The second-order valence-electron chi connectivity index (χ2n) is 6.15. The number of carbonyl (C=O) groups is 2. The molecule has 2 atom stereocenters. The van der Waals surface area contributed by atoms with E-state index in [-0.39, 0.29) is 5.91 Å². The molecule has 1 aliphatic rings. The number of carboxylic acids is 1. The van der Waals surface area contributed by atoms with Crippen molar-refractivity contribution in [2.45, 2.75) is 38.3 Å². The third kappa shape index (κ3) is 2.64. The van der Waals surface area contributed by atoms with Crippen LogP contribution < -0.4 is 0 Å². The van der Waals surface area contributed by atoms with Gasteiger partial charge in [-0.05, 0) is 31.9 Å². The van der Waals surface area contributed by atoms with Gasteiger partial charge in [0.15, 0.2) is 0 Å². The summed E-state index contributed by atoms with van der Waals surface area (Å²) >= 11 is 0. The van der Waals surface area contributed by atoms with Crippen molar-refractivity contribution in [2.24, 2.45) is 0 Å². The molecule has 2 aromatic rings. The highest BCUT2D eigenvalue weighted by atomic mass is 16.4. The number of rotatable bonds is 4. The molecule has 0 radical (unpaired) electrons. The highest BCUT2D eigenvalue weighted by Crippen LogP contribution is 2.31. The Bertz CT molecular complexity index is 760. The second kappa shape index (κ2) is 6.03. The van der Waals surface area contributed by atoms with Crippen molar-refractivity contribution in [1.82, 2.24) is 25.1 Å². The number of carboxylic acid groups (broad SMARTS) is 1. The van der Waals surface area contributed by atoms with E-state index < -0.39 is 17.6 Å². The third-order valence-electron chi connectivity index (χ3n) is 4.53. The summed E-state index contributed by atoms with van der Waals surface area (Å²) in [6, 6.07) is 8.62. The molecule has 0 aliphatic carbocycles. The Morgan fingerprint density at radius 3 is 2.67 bits per heavy atom. The molecule has 2 heterocycles. The van der Waals surface area contributed by atoms with Gasteiger partial charge in [0.1, 0.15) is 11.6 Å². The van der Waals surface area contributed by atoms with Gasteiger partial charge in [0.05, 0.1) is 0 Å². The van der Waals surface area contributed by atoms with E-state index in [0.717, 1.165) is 5.56 Å². The van der Waals surface area contributed by atoms with Crippen molar-refractivity contribution in [3.8, 4) is 11.4 Å². The number of amides is 1. The molecule has 1 aromatic carbocycles. The van der Waals surface area contributed by atoms with Crippen molar-refractivity contribution < 1.29 is 14.7 Å². The predicted octanol–water partition coefficient (Wildman–Crippen LogP) is 1.37. The molecule has 8 heteroatoms. The van der Waals surface area contributed by atoms with E-state index in [9.17, 15) is 14.7 Å². The summed E-state index contributed by atoms with van der Waals surface area (Å²) in [5, 5.41) is 21.7. The number of nitrogens with zero attached hydrogens (tertiary/aromatic N) is 5. The van der Waals surface area contributed by atoms with Crippen LogP contribution in [0, 0.1) is 0 Å². The highest BCUT2D eigenvalue weighted by molar-refractivity contribution is 5.89. The number of aromatic nitrogens is 4. The minimum absolute atomic E-state index is 0.311. The number of hydrogen-bond acceptors (Lipinski definition) is 5. The molecule has 0 saturated carbocycles. The fraction of sp³-hybridized carbons (Fsp3) is 0.438. The summed E-state index contributed by atoms with van der Waals surface area (Å²) < 4.78 is 0. The molecule has 126 valence electrons. The summed E-state index contributed by atoms with van der Waals surface area (Å²) in [5.74, 6) is -0.871. The average Bonchev–Trinajstić information content (AvgIpc) is 3.22. The summed E-state index contributed by atoms with van der Waals surface area (Å²) in [5.41, 5.74) is -0.367. The molecule has 1 aliphatic heterocycles. The van der Waals surface area contributed by atoms with Gasteiger partial charge in [-0.3, -0.25) is 4.79 Å². The Morgan fingerprint density at radius 2 is 2.00 bits per heavy atom. The lowest BCUT2D eigenvalue weighted by Gasteiger charge is -2.32. The van der Waals surface area contributed by atoms with E-state index in [2.05, 4.69) is 15.4 Å². The largest absolute Gasteiger partial charge is 0.480 e. The average molecular weight is 329 g/mol. The zero-order valence-corrected chi connectivity index (χ0v) is 13.6. The fourth-order valence-electron chi connectivity index (χ4n) is 2.96. The van der Waals surface area contributed by atoms with Gasteiger partial charge < -0.3 is 10.0 Å². The van der Waals surface area contributed by atoms with E-state index in [4.69, 9.17) is 0 Å². The van der Waals surface area contributed by atoms with E-state index in [1.54, 1.807) is 13.8 Å². The lowest BCUT2D eigenvalue weighted by Crippen LogP contribution is -2.52. The smallest absolute Gasteiger partial charge is 0.329 e. The van der Waals surface area contributed by atoms with Crippen LogP contribution in [0.2, 0.25) is 0 Å². The standard InChI is InChI=1S/C16H19N5O3/c1-11(14(22)20-10-6-9-16(20,2)15(23)24)21-18-13(17-19-21)12-7-4-3-5-8-12/h3-5,7-8,11H,6,9-10H2,1-2H3,(H,23,24). The van der Waals surface area contributed by atoms with E-state index in [1.807, 2.05) is 30.3 Å². The molecular formula is C16H19N5O3. The molecule has 0 spiro atoms. The lowest BCUT2D eigenvalue weighted by atomic mass is 9.99. The molecule has 2 unspecified atom stereocenters. The monoisotopic (exact) mass is 329 g/mol. The van der Waals surface area contributed by atoms with Crippen LogP contribution in [0.25, 0.3) is 11.4 Å². The van der Waals surface area contributed by atoms with Crippen LogP contribution in [-0.4, -0.2) is 54.2 Å². The SMILES string of the molecule is CC(C(=O)N1CCCC1(C)C(=O)O)n1nnc(-c2ccccc2)n1. The van der Waals surface area contributed by atoms with Crippen molar-refractivity contribution >= 4 is 11.9 Å². The number of carbonyl (C=O) groups excluding carboxylic acids is 1. The topological polar surface area (TPSA) is 101 Å². The first-order chi connectivity index (χ1) is 11.4. The summed E-state index contributed by atoms with van der Waals surface area (Å²) in [6.45, 7) is 3.66. The summed E-state index contributed by atoms with van der Waals surface area (Å²) in [6.07, 6.45) is 1.11. The number of aliphatic carboxylic acids is 1. The maximum atomic E-state index is 12.7. The van der Waals surface area contributed by atoms with Crippen molar-refractivity contribution in [3.05, 3.63) is 30.3 Å². The van der Waals surface area contributed by atoms with E-state index in [1.165, 1.54) is 9.70 Å². The van der Waals surface area contributed by atoms with Gasteiger partial charge in [-0.2, -0.15) is 4.80 Å². The van der Waals surface area contributed by atoms with Gasteiger partial charge in [0.2, 0.25) is 11.7 Å². The van der Waals surface area contributed by atoms with Crippen LogP contribution in [0.1, 0.15) is 32.7 Å². The quantitative estimate of drug-likeness (QED) is 0.909. The number of likely N-dealkylation sites (tertiary alicyclic amines) is 1. The van der Waals surface area contributed by atoms with Gasteiger partial charge in [-0.15, -0.1) is 10.2 Å². The minimum Gasteiger partial charge on any atom is -0.480 e. The van der Waals surface area contributed by atoms with E-state index in [0.29, 0.717) is 25.2 Å². The molecule has 24 heavy (non-hydrogen) atoms. The zero-order chi connectivity index (χ0) is 17.3. The molecule has 1 amide bonds. The van der Waals surface area contributed by atoms with Crippen LogP contribution in [0.5, 0.6) is 0 Å². The Kier molecular flexibility index (Phi) is 4.04. The molecule has 8 nitrogen and oxygen atoms in total. The Balaban J connectivity index is 1.82. The second-order valence-corrected chi connectivity index (χ2v) is 6.15. The molecular weight excluding hydrogens is 310 g/mol. The van der Waals surface area contributed by atoms with E-state index >= 15 is 0 Å². The zero-order valence-electron chi connectivity index (χ0n) is 13.6. The van der Waals surface area contributed by atoms with Crippen LogP contribution in [0.3, 0.4) is 0 Å². The van der Waals surface area contributed by atoms with Crippen LogP contribution in [0.15, 0.2) is 30.3 Å². The van der Waals surface area contributed by atoms with Gasteiger partial charge in [0.25, 0.3) is 0 Å². The van der Waals surface area contributed by atoms with Gasteiger partial charge in [-0.25, -0.2) is 4.79 Å². The number of hydrogen-bond donors (Lipinski definition) is 1. The molecule has 3 rings (SSSR count). The third-order valence-corrected chi connectivity index (χ3v) is 4.53. The first-order valence-electron chi connectivity index (χ1n) is 7.83. The predicted molar refractivity (Wildman–Crippen MR) is 85.0 cm³/mol. The van der Waals surface area contributed by atoms with Gasteiger partial charge >= 0.3 is 5.97 Å². The summed E-state index contributed by atoms with van der Waals surface area (Å²) in [7, 11) is 0. The molecule has 1 fully saturated rings. The maximum absolute atomic E-state index is 12.7. The van der Waals surface area contributed by atoms with Crippen LogP contribution in [0.4, 0.5) is 0 Å². The molecule has 0 bridgehead atoms. The highest BCUT2D eigenvalue weighted by Gasteiger charge is 2.47. The summed E-state index contributed by atoms with van der Waals surface area (Å²) in [4.78, 5) is 26.9. The van der Waals surface area contributed by atoms with Crippen molar-refractivity contribution in [2.75, 3.05) is 6.54 Å².